The second-order valence-electron chi connectivity index (χ2n) is 6.66. The topological polar surface area (TPSA) is 109 Å². The van der Waals surface area contributed by atoms with Gasteiger partial charge in [0.15, 0.2) is 5.65 Å². The maximum atomic E-state index is 12.9. The fourth-order valence-electron chi connectivity index (χ4n) is 3.21. The van der Waals surface area contributed by atoms with E-state index in [0.717, 1.165) is 10.3 Å². The molecule has 0 aliphatic carbocycles. The molecule has 160 valence electrons. The highest BCUT2D eigenvalue weighted by Crippen LogP contribution is 2.18. The predicted molar refractivity (Wildman–Crippen MR) is 106 cm³/mol. The third-order valence-corrected chi connectivity index (χ3v) is 6.63. The summed E-state index contributed by atoms with van der Waals surface area (Å²) < 4.78 is 53.6. The maximum absolute atomic E-state index is 12.9. The number of aromatic nitrogens is 5. The molecule has 1 aliphatic rings. The Labute approximate surface area is 171 Å². The predicted octanol–water partition coefficient (Wildman–Crippen LogP) is 1.02. The average Bonchev–Trinajstić information content (AvgIpc) is 3.18. The summed E-state index contributed by atoms with van der Waals surface area (Å²) in [5.74, 6) is 0.390. The van der Waals surface area contributed by atoms with Crippen LogP contribution in [0.3, 0.4) is 0 Å². The number of alkyl halides is 2. The number of piperazine rings is 1. The number of hydrogen-bond donors (Lipinski definition) is 1. The number of nitrogens with one attached hydrogen (secondary N) is 1. The summed E-state index contributed by atoms with van der Waals surface area (Å²) >= 11 is 0. The standard InChI is InChI=1S/C17H20F2N8O2S/c18-16(19)17-23-22-15-5-4-13(24-27(15)17)20-7-12-30(28,29)26-10-8-25(9-11-26)14-3-1-2-6-21-14/h1-6,16H,7-12H2,(H,20,24). The van der Waals surface area contributed by atoms with Crippen molar-refractivity contribution in [3.63, 3.8) is 0 Å². The van der Waals surface area contributed by atoms with E-state index in [1.54, 1.807) is 6.20 Å². The Hall–Kier alpha value is -2.93. The second kappa shape index (κ2) is 8.44. The van der Waals surface area contributed by atoms with Gasteiger partial charge in [-0.3, -0.25) is 0 Å². The van der Waals surface area contributed by atoms with Crippen molar-refractivity contribution in [2.24, 2.45) is 0 Å². The van der Waals surface area contributed by atoms with Crippen LogP contribution in [0.5, 0.6) is 0 Å². The summed E-state index contributed by atoms with van der Waals surface area (Å²) in [6.07, 6.45) is -1.10. The SMILES string of the molecule is O=S(=O)(CCNc1ccc2nnc(C(F)F)n2n1)N1CCN(c2ccccn2)CC1. The van der Waals surface area contributed by atoms with Gasteiger partial charge in [-0.1, -0.05) is 6.07 Å². The molecule has 0 unspecified atom stereocenters. The number of fused-ring (bicyclic) bond motifs is 1. The summed E-state index contributed by atoms with van der Waals surface area (Å²) in [6, 6.07) is 8.65. The zero-order chi connectivity index (χ0) is 21.1. The normalized spacial score (nSPS) is 15.8. The zero-order valence-electron chi connectivity index (χ0n) is 15.9. The van der Waals surface area contributed by atoms with Crippen molar-refractivity contribution in [1.82, 2.24) is 29.1 Å². The van der Waals surface area contributed by atoms with E-state index in [4.69, 9.17) is 0 Å². The number of sulfonamides is 1. The van der Waals surface area contributed by atoms with Crippen LogP contribution in [0.4, 0.5) is 20.4 Å². The molecule has 0 atom stereocenters. The Morgan fingerprint density at radius 3 is 2.57 bits per heavy atom. The van der Waals surface area contributed by atoms with Crippen LogP contribution in [0.25, 0.3) is 5.65 Å². The van der Waals surface area contributed by atoms with E-state index in [2.05, 4.69) is 25.6 Å². The smallest absolute Gasteiger partial charge is 0.299 e. The average molecular weight is 438 g/mol. The van der Waals surface area contributed by atoms with E-state index in [1.807, 2.05) is 23.1 Å². The van der Waals surface area contributed by atoms with Crippen LogP contribution >= 0.6 is 0 Å². The van der Waals surface area contributed by atoms with Crippen LogP contribution in [0.15, 0.2) is 36.5 Å². The lowest BCUT2D eigenvalue weighted by atomic mass is 10.3. The van der Waals surface area contributed by atoms with Gasteiger partial charge < -0.3 is 10.2 Å². The Morgan fingerprint density at radius 1 is 1.07 bits per heavy atom. The summed E-state index contributed by atoms with van der Waals surface area (Å²) in [6.45, 7) is 1.97. The molecule has 0 saturated carbocycles. The van der Waals surface area contributed by atoms with Gasteiger partial charge in [0.25, 0.3) is 6.43 Å². The summed E-state index contributed by atoms with van der Waals surface area (Å²) in [4.78, 5) is 6.34. The van der Waals surface area contributed by atoms with Crippen LogP contribution in [-0.2, 0) is 10.0 Å². The van der Waals surface area contributed by atoms with Gasteiger partial charge in [-0.2, -0.15) is 8.82 Å². The molecule has 4 heterocycles. The van der Waals surface area contributed by atoms with Crippen LogP contribution in [0.2, 0.25) is 0 Å². The quantitative estimate of drug-likeness (QED) is 0.583. The lowest BCUT2D eigenvalue weighted by molar-refractivity contribution is 0.137. The summed E-state index contributed by atoms with van der Waals surface area (Å²) in [5, 5.41) is 13.9. The van der Waals surface area contributed by atoms with Gasteiger partial charge in [-0.15, -0.1) is 15.3 Å². The van der Waals surface area contributed by atoms with Crippen molar-refractivity contribution in [3.8, 4) is 0 Å². The van der Waals surface area contributed by atoms with Gasteiger partial charge in [0, 0.05) is 38.9 Å². The third-order valence-electron chi connectivity index (χ3n) is 4.75. The molecule has 0 amide bonds. The van der Waals surface area contributed by atoms with Crippen LogP contribution in [0, 0.1) is 0 Å². The van der Waals surface area contributed by atoms with E-state index in [0.29, 0.717) is 26.2 Å². The molecular formula is C17H20F2N8O2S. The van der Waals surface area contributed by atoms with Gasteiger partial charge in [-0.05, 0) is 24.3 Å². The molecule has 0 radical (unpaired) electrons. The summed E-state index contributed by atoms with van der Waals surface area (Å²) in [7, 11) is -3.47. The molecule has 1 aliphatic heterocycles. The molecule has 3 aromatic rings. The van der Waals surface area contributed by atoms with Crippen molar-refractivity contribution in [2.45, 2.75) is 6.43 Å². The highest BCUT2D eigenvalue weighted by molar-refractivity contribution is 7.89. The van der Waals surface area contributed by atoms with Gasteiger partial charge in [0.1, 0.15) is 11.6 Å². The van der Waals surface area contributed by atoms with Crippen LogP contribution in [0.1, 0.15) is 12.2 Å². The lowest BCUT2D eigenvalue weighted by Crippen LogP contribution is -2.50. The zero-order valence-corrected chi connectivity index (χ0v) is 16.7. The lowest BCUT2D eigenvalue weighted by Gasteiger charge is -2.34. The molecule has 4 rings (SSSR count). The van der Waals surface area contributed by atoms with Gasteiger partial charge in [0.2, 0.25) is 15.8 Å². The molecule has 3 aromatic heterocycles. The first-order valence-corrected chi connectivity index (χ1v) is 10.9. The molecule has 30 heavy (non-hydrogen) atoms. The molecule has 1 fully saturated rings. The fourth-order valence-corrected chi connectivity index (χ4v) is 4.55. The van der Waals surface area contributed by atoms with Crippen molar-refractivity contribution < 1.29 is 17.2 Å². The number of rotatable bonds is 7. The molecule has 10 nitrogen and oxygen atoms in total. The van der Waals surface area contributed by atoms with E-state index in [-0.39, 0.29) is 23.8 Å². The van der Waals surface area contributed by atoms with E-state index in [1.165, 1.54) is 16.4 Å². The monoisotopic (exact) mass is 438 g/mol. The first-order valence-electron chi connectivity index (χ1n) is 9.32. The minimum Gasteiger partial charge on any atom is -0.368 e. The number of pyridine rings is 1. The Morgan fingerprint density at radius 2 is 1.87 bits per heavy atom. The largest absolute Gasteiger partial charge is 0.368 e. The van der Waals surface area contributed by atoms with E-state index >= 15 is 0 Å². The number of halogens is 2. The van der Waals surface area contributed by atoms with Gasteiger partial charge in [-0.25, -0.2) is 22.2 Å². The van der Waals surface area contributed by atoms with Crippen LogP contribution < -0.4 is 10.2 Å². The van der Waals surface area contributed by atoms with Crippen LogP contribution in [-0.4, -0.2) is 76.0 Å². The maximum Gasteiger partial charge on any atom is 0.299 e. The summed E-state index contributed by atoms with van der Waals surface area (Å²) in [5.41, 5.74) is 0.189. The first-order chi connectivity index (χ1) is 14.4. The minimum absolute atomic E-state index is 0.0907. The van der Waals surface area contributed by atoms with E-state index < -0.39 is 22.3 Å². The molecular weight excluding hydrogens is 418 g/mol. The molecule has 13 heteroatoms. The second-order valence-corrected chi connectivity index (χ2v) is 8.75. The molecule has 1 N–H and O–H groups in total. The molecule has 0 spiro atoms. The van der Waals surface area contributed by atoms with Crippen molar-refractivity contribution in [1.29, 1.82) is 0 Å². The molecule has 0 bridgehead atoms. The Balaban J connectivity index is 1.32. The number of hydrogen-bond acceptors (Lipinski definition) is 8. The highest BCUT2D eigenvalue weighted by Gasteiger charge is 2.27. The Kier molecular flexibility index (Phi) is 5.72. The highest BCUT2D eigenvalue weighted by atomic mass is 32.2. The number of anilines is 2. The Bertz CT molecular complexity index is 1100. The molecule has 0 aromatic carbocycles. The fraction of sp³-hybridized carbons (Fsp3) is 0.412. The minimum atomic E-state index is -3.47. The third kappa shape index (κ3) is 4.31. The first kappa shape index (κ1) is 20.3. The van der Waals surface area contributed by atoms with Crippen molar-refractivity contribution in [3.05, 3.63) is 42.4 Å². The van der Waals surface area contributed by atoms with Crippen molar-refractivity contribution >= 4 is 27.3 Å². The molecule has 1 saturated heterocycles. The van der Waals surface area contributed by atoms with Gasteiger partial charge in [0.05, 0.1) is 5.75 Å². The number of nitrogens with zero attached hydrogens (tertiary/aromatic N) is 7. The van der Waals surface area contributed by atoms with Gasteiger partial charge >= 0.3 is 0 Å². The van der Waals surface area contributed by atoms with E-state index in [9.17, 15) is 17.2 Å². The van der Waals surface area contributed by atoms with Crippen molar-refractivity contribution in [2.75, 3.05) is 48.7 Å².